The van der Waals surface area contributed by atoms with Gasteiger partial charge in [-0.15, -0.1) is 0 Å². The van der Waals surface area contributed by atoms with Crippen LogP contribution in [0.2, 0.25) is 0 Å². The summed E-state index contributed by atoms with van der Waals surface area (Å²) in [6.07, 6.45) is 0.134. The van der Waals surface area contributed by atoms with Crippen molar-refractivity contribution in [3.05, 3.63) is 65.7 Å². The Bertz CT molecular complexity index is 1040. The summed E-state index contributed by atoms with van der Waals surface area (Å²) in [4.78, 5) is 4.80. The third-order valence-electron chi connectivity index (χ3n) is 6.13. The molecule has 2 N–H and O–H groups in total. The molecule has 6 nitrogen and oxygen atoms in total. The maximum absolute atomic E-state index is 9.87. The number of piperazine rings is 1. The molecule has 1 saturated heterocycles. The van der Waals surface area contributed by atoms with E-state index in [1.54, 1.807) is 19.1 Å². The Morgan fingerprint density at radius 2 is 1.70 bits per heavy atom. The molecule has 0 bridgehead atoms. The van der Waals surface area contributed by atoms with Crippen LogP contribution < -0.4 is 9.47 Å². The Morgan fingerprint density at radius 3 is 2.42 bits per heavy atom. The lowest BCUT2D eigenvalue weighted by molar-refractivity contribution is 0.122. The van der Waals surface area contributed by atoms with Gasteiger partial charge in [-0.2, -0.15) is 0 Å². The van der Waals surface area contributed by atoms with Crippen LogP contribution in [0.15, 0.2) is 54.6 Å². The number of phenols is 1. The van der Waals surface area contributed by atoms with E-state index in [4.69, 9.17) is 9.47 Å². The van der Waals surface area contributed by atoms with Crippen LogP contribution in [-0.2, 0) is 6.42 Å². The van der Waals surface area contributed by atoms with Crippen LogP contribution in [-0.4, -0.2) is 79.1 Å². The van der Waals surface area contributed by atoms with Crippen LogP contribution in [0.5, 0.6) is 17.2 Å². The number of hydrogen-bond donors (Lipinski definition) is 2. The van der Waals surface area contributed by atoms with E-state index < -0.39 is 6.10 Å². The first-order valence-electron chi connectivity index (χ1n) is 11.7. The molecule has 1 heterocycles. The summed E-state index contributed by atoms with van der Waals surface area (Å²) < 4.78 is 11.9. The quantitative estimate of drug-likeness (QED) is 0.520. The van der Waals surface area contributed by atoms with Gasteiger partial charge in [0.1, 0.15) is 30.5 Å². The van der Waals surface area contributed by atoms with E-state index in [0.29, 0.717) is 13.0 Å². The maximum Gasteiger partial charge on any atom is 0.123 e. The van der Waals surface area contributed by atoms with Crippen LogP contribution in [0.25, 0.3) is 10.8 Å². The largest absolute Gasteiger partial charge is 0.508 e. The van der Waals surface area contributed by atoms with Gasteiger partial charge in [0, 0.05) is 44.7 Å². The van der Waals surface area contributed by atoms with Crippen LogP contribution in [0, 0.1) is 0 Å². The van der Waals surface area contributed by atoms with E-state index >= 15 is 0 Å². The van der Waals surface area contributed by atoms with Crippen molar-refractivity contribution in [1.82, 2.24) is 9.80 Å². The number of ether oxygens (including phenoxy) is 2. The highest BCUT2D eigenvalue weighted by molar-refractivity contribution is 5.89. The Hall–Kier alpha value is -2.80. The normalized spacial score (nSPS) is 16.1. The molecule has 0 aromatic heterocycles. The molecule has 1 unspecified atom stereocenters. The molecule has 1 aliphatic heterocycles. The van der Waals surface area contributed by atoms with Crippen LogP contribution in [0.3, 0.4) is 0 Å². The summed E-state index contributed by atoms with van der Waals surface area (Å²) >= 11 is 0. The molecule has 33 heavy (non-hydrogen) atoms. The number of fused-ring (bicyclic) bond motifs is 1. The first-order chi connectivity index (χ1) is 16.0. The standard InChI is InChI=1S/C27H34N2O4/c1-20(30)19-33-27-10-5-22-18-23(31)6-9-25(22)26(27)17-21-3-7-24(8-4-21)32-16-15-29-13-11-28(2)12-14-29/h3-10,18,20,30-31H,11-17,19H2,1-2H3. The molecule has 0 saturated carbocycles. The number of likely N-dealkylation sites (N-methyl/N-ethyl adjacent to an activating group) is 1. The average Bonchev–Trinajstić information content (AvgIpc) is 2.80. The van der Waals surface area contributed by atoms with Crippen molar-refractivity contribution in [2.45, 2.75) is 19.4 Å². The zero-order chi connectivity index (χ0) is 23.2. The molecule has 1 fully saturated rings. The lowest BCUT2D eigenvalue weighted by atomic mass is 9.97. The lowest BCUT2D eigenvalue weighted by Crippen LogP contribution is -2.45. The predicted octanol–water partition coefficient (Wildman–Crippen LogP) is 3.52. The minimum Gasteiger partial charge on any atom is -0.508 e. The summed E-state index contributed by atoms with van der Waals surface area (Å²) in [5.74, 6) is 1.87. The maximum atomic E-state index is 9.87. The fraction of sp³-hybridized carbons (Fsp3) is 0.407. The molecular formula is C27H34N2O4. The molecule has 4 rings (SSSR count). The molecule has 1 aliphatic rings. The lowest BCUT2D eigenvalue weighted by Gasteiger charge is -2.32. The summed E-state index contributed by atoms with van der Waals surface area (Å²) in [6.45, 7) is 8.01. The summed E-state index contributed by atoms with van der Waals surface area (Å²) in [7, 11) is 2.17. The third kappa shape index (κ3) is 6.38. The highest BCUT2D eigenvalue weighted by Crippen LogP contribution is 2.32. The predicted molar refractivity (Wildman–Crippen MR) is 131 cm³/mol. The number of aliphatic hydroxyl groups excluding tert-OH is 1. The van der Waals surface area contributed by atoms with Crippen molar-refractivity contribution in [2.75, 3.05) is 53.0 Å². The SMILES string of the molecule is CC(O)COc1ccc2cc(O)ccc2c1Cc1ccc(OCCN2CCN(C)CC2)cc1. The molecule has 176 valence electrons. The summed E-state index contributed by atoms with van der Waals surface area (Å²) in [6, 6.07) is 17.4. The molecule has 6 heteroatoms. The highest BCUT2D eigenvalue weighted by Gasteiger charge is 2.14. The van der Waals surface area contributed by atoms with E-state index in [1.165, 1.54) is 0 Å². The number of hydrogen-bond acceptors (Lipinski definition) is 6. The van der Waals surface area contributed by atoms with Gasteiger partial charge in [0.25, 0.3) is 0 Å². The minimum atomic E-state index is -0.546. The van der Waals surface area contributed by atoms with E-state index in [1.807, 2.05) is 30.3 Å². The van der Waals surface area contributed by atoms with Crippen LogP contribution in [0.1, 0.15) is 18.1 Å². The second kappa shape index (κ2) is 10.9. The smallest absolute Gasteiger partial charge is 0.123 e. The Balaban J connectivity index is 1.43. The second-order valence-electron chi connectivity index (χ2n) is 8.92. The van der Waals surface area contributed by atoms with Crippen molar-refractivity contribution in [3.8, 4) is 17.2 Å². The van der Waals surface area contributed by atoms with E-state index in [2.05, 4.69) is 29.0 Å². The number of aromatic hydroxyl groups is 1. The summed E-state index contributed by atoms with van der Waals surface area (Å²) in [5.41, 5.74) is 2.18. The van der Waals surface area contributed by atoms with Gasteiger partial charge in [0.05, 0.1) is 6.10 Å². The molecule has 0 spiro atoms. The van der Waals surface area contributed by atoms with Gasteiger partial charge in [0.15, 0.2) is 0 Å². The van der Waals surface area contributed by atoms with E-state index in [0.717, 1.165) is 66.1 Å². The number of aliphatic hydroxyl groups is 1. The van der Waals surface area contributed by atoms with Gasteiger partial charge >= 0.3 is 0 Å². The summed E-state index contributed by atoms with van der Waals surface area (Å²) in [5, 5.41) is 21.5. The first kappa shape index (κ1) is 23.4. The minimum absolute atomic E-state index is 0.233. The third-order valence-corrected chi connectivity index (χ3v) is 6.13. The van der Waals surface area contributed by atoms with Gasteiger partial charge in [-0.05, 0) is 60.6 Å². The van der Waals surface area contributed by atoms with E-state index in [9.17, 15) is 10.2 Å². The van der Waals surface area contributed by atoms with Gasteiger partial charge in [0.2, 0.25) is 0 Å². The molecule has 0 aliphatic carbocycles. The van der Waals surface area contributed by atoms with Gasteiger partial charge in [-0.1, -0.05) is 24.3 Å². The van der Waals surface area contributed by atoms with Crippen molar-refractivity contribution >= 4 is 10.8 Å². The zero-order valence-electron chi connectivity index (χ0n) is 19.5. The van der Waals surface area contributed by atoms with E-state index in [-0.39, 0.29) is 12.4 Å². The van der Waals surface area contributed by atoms with Crippen LogP contribution >= 0.6 is 0 Å². The second-order valence-corrected chi connectivity index (χ2v) is 8.92. The van der Waals surface area contributed by atoms with Gasteiger partial charge in [-0.25, -0.2) is 0 Å². The number of benzene rings is 3. The van der Waals surface area contributed by atoms with Crippen molar-refractivity contribution in [3.63, 3.8) is 0 Å². The molecular weight excluding hydrogens is 416 g/mol. The fourth-order valence-corrected chi connectivity index (χ4v) is 4.16. The van der Waals surface area contributed by atoms with Crippen molar-refractivity contribution < 1.29 is 19.7 Å². The zero-order valence-corrected chi connectivity index (χ0v) is 19.5. The fourth-order valence-electron chi connectivity index (χ4n) is 4.16. The number of rotatable bonds is 9. The topological polar surface area (TPSA) is 65.4 Å². The number of phenolic OH excluding ortho intramolecular Hbond substituents is 1. The Labute approximate surface area is 196 Å². The van der Waals surface area contributed by atoms with Gasteiger partial charge in [-0.3, -0.25) is 4.90 Å². The van der Waals surface area contributed by atoms with Gasteiger partial charge < -0.3 is 24.6 Å². The average molecular weight is 451 g/mol. The molecule has 1 atom stereocenters. The Kier molecular flexibility index (Phi) is 7.70. The monoisotopic (exact) mass is 450 g/mol. The molecule has 0 amide bonds. The molecule has 3 aromatic carbocycles. The molecule has 3 aromatic rings. The van der Waals surface area contributed by atoms with Crippen LogP contribution in [0.4, 0.5) is 0 Å². The van der Waals surface area contributed by atoms with Crippen molar-refractivity contribution in [1.29, 1.82) is 0 Å². The first-order valence-corrected chi connectivity index (χ1v) is 11.7. The molecule has 0 radical (unpaired) electrons. The van der Waals surface area contributed by atoms with Crippen molar-refractivity contribution in [2.24, 2.45) is 0 Å². The number of nitrogens with zero attached hydrogens (tertiary/aromatic N) is 2. The Morgan fingerprint density at radius 1 is 0.939 bits per heavy atom. The highest BCUT2D eigenvalue weighted by atomic mass is 16.5.